The molecule has 16 heavy (non-hydrogen) atoms. The normalized spacial score (nSPS) is 10.3. The Bertz CT molecular complexity index is 532. The van der Waals surface area contributed by atoms with Gasteiger partial charge in [-0.05, 0) is 40.2 Å². The third-order valence-electron chi connectivity index (χ3n) is 1.99. The molecule has 82 valence electrons. The predicted molar refractivity (Wildman–Crippen MR) is 58.3 cm³/mol. The summed E-state index contributed by atoms with van der Waals surface area (Å²) in [5, 5.41) is 21.6. The van der Waals surface area contributed by atoms with Crippen molar-refractivity contribution in [1.29, 1.82) is 0 Å². The molecule has 0 unspecified atom stereocenters. The number of aromatic carboxylic acids is 1. The minimum absolute atomic E-state index is 0.0364. The third kappa shape index (κ3) is 1.79. The first kappa shape index (κ1) is 10.7. The molecule has 2 rings (SSSR count). The van der Waals surface area contributed by atoms with E-state index in [-0.39, 0.29) is 21.7 Å². The summed E-state index contributed by atoms with van der Waals surface area (Å²) >= 11 is 2.99. The van der Waals surface area contributed by atoms with E-state index < -0.39 is 5.97 Å². The molecular formula is C10H6BrNO4. The fraction of sp³-hybridized carbons (Fsp3) is 0. The highest BCUT2D eigenvalue weighted by Gasteiger charge is 2.21. The lowest BCUT2D eigenvalue weighted by atomic mass is 10.1. The van der Waals surface area contributed by atoms with Gasteiger partial charge in [0.25, 0.3) is 0 Å². The monoisotopic (exact) mass is 283 g/mol. The molecule has 1 heterocycles. The van der Waals surface area contributed by atoms with Crippen LogP contribution >= 0.6 is 15.9 Å². The van der Waals surface area contributed by atoms with Gasteiger partial charge in [-0.25, -0.2) is 4.79 Å². The number of aromatic nitrogens is 1. The van der Waals surface area contributed by atoms with E-state index in [1.54, 1.807) is 12.1 Å². The first-order chi connectivity index (χ1) is 7.59. The standard InChI is InChI=1S/C10H6BrNO4/c11-9-7(10(14)15)8(16-12-9)5-1-3-6(13)4-2-5/h1-4,13H,(H,14,15). The molecule has 0 aliphatic heterocycles. The summed E-state index contributed by atoms with van der Waals surface area (Å²) in [5.41, 5.74) is 0.499. The Labute approximate surface area is 98.4 Å². The topological polar surface area (TPSA) is 83.6 Å². The van der Waals surface area contributed by atoms with Gasteiger partial charge in [0.15, 0.2) is 10.4 Å². The molecule has 0 aliphatic rings. The van der Waals surface area contributed by atoms with Crippen LogP contribution in [0.5, 0.6) is 5.75 Å². The Morgan fingerprint density at radius 1 is 1.31 bits per heavy atom. The van der Waals surface area contributed by atoms with Crippen LogP contribution in [0.1, 0.15) is 10.4 Å². The number of aromatic hydroxyl groups is 1. The van der Waals surface area contributed by atoms with Gasteiger partial charge in [0.2, 0.25) is 0 Å². The van der Waals surface area contributed by atoms with E-state index in [1.165, 1.54) is 12.1 Å². The van der Waals surface area contributed by atoms with Crippen LogP contribution in [0.4, 0.5) is 0 Å². The van der Waals surface area contributed by atoms with Crippen molar-refractivity contribution >= 4 is 21.9 Å². The molecule has 1 aromatic heterocycles. The zero-order valence-electron chi connectivity index (χ0n) is 7.85. The summed E-state index contributed by atoms with van der Waals surface area (Å²) in [5.74, 6) is -0.880. The number of carbonyl (C=O) groups is 1. The summed E-state index contributed by atoms with van der Waals surface area (Å²) in [6, 6.07) is 5.98. The second-order valence-corrected chi connectivity index (χ2v) is 3.78. The number of phenolic OH excluding ortho intramolecular Hbond substituents is 1. The second kappa shape index (κ2) is 3.97. The lowest BCUT2D eigenvalue weighted by molar-refractivity contribution is 0.0696. The summed E-state index contributed by atoms with van der Waals surface area (Å²) < 4.78 is 5.07. The highest BCUT2D eigenvalue weighted by Crippen LogP contribution is 2.30. The van der Waals surface area contributed by atoms with Crippen molar-refractivity contribution in [3.63, 3.8) is 0 Å². The molecule has 5 nitrogen and oxygen atoms in total. The van der Waals surface area contributed by atoms with Gasteiger partial charge in [0, 0.05) is 5.56 Å². The first-order valence-corrected chi connectivity index (χ1v) is 5.06. The van der Waals surface area contributed by atoms with Crippen molar-refractivity contribution < 1.29 is 19.5 Å². The van der Waals surface area contributed by atoms with Crippen LogP contribution in [0.2, 0.25) is 0 Å². The number of halogens is 1. The van der Waals surface area contributed by atoms with Gasteiger partial charge in [-0.1, -0.05) is 5.16 Å². The van der Waals surface area contributed by atoms with E-state index in [0.717, 1.165) is 0 Å². The van der Waals surface area contributed by atoms with E-state index in [0.29, 0.717) is 5.56 Å². The van der Waals surface area contributed by atoms with Crippen LogP contribution in [0.3, 0.4) is 0 Å². The molecule has 0 atom stereocenters. The Morgan fingerprint density at radius 3 is 2.50 bits per heavy atom. The predicted octanol–water partition coefficient (Wildman–Crippen LogP) is 2.51. The van der Waals surface area contributed by atoms with E-state index in [2.05, 4.69) is 21.1 Å². The second-order valence-electron chi connectivity index (χ2n) is 3.03. The smallest absolute Gasteiger partial charge is 0.342 e. The summed E-state index contributed by atoms with van der Waals surface area (Å²) in [4.78, 5) is 11.0. The number of phenols is 1. The number of rotatable bonds is 2. The Balaban J connectivity index is 2.56. The molecule has 0 amide bonds. The van der Waals surface area contributed by atoms with E-state index in [9.17, 15) is 4.79 Å². The number of carboxylic acids is 1. The van der Waals surface area contributed by atoms with Crippen molar-refractivity contribution in [3.05, 3.63) is 34.4 Å². The Morgan fingerprint density at radius 2 is 1.94 bits per heavy atom. The fourth-order valence-electron chi connectivity index (χ4n) is 1.27. The Hall–Kier alpha value is -1.82. The van der Waals surface area contributed by atoms with Crippen LogP contribution in [-0.4, -0.2) is 21.3 Å². The van der Waals surface area contributed by atoms with Crippen molar-refractivity contribution in [2.24, 2.45) is 0 Å². The highest BCUT2D eigenvalue weighted by molar-refractivity contribution is 9.10. The van der Waals surface area contributed by atoms with Crippen molar-refractivity contribution in [2.75, 3.05) is 0 Å². The highest BCUT2D eigenvalue weighted by atomic mass is 79.9. The van der Waals surface area contributed by atoms with Crippen molar-refractivity contribution in [1.82, 2.24) is 5.16 Å². The summed E-state index contributed by atoms with van der Waals surface area (Å²) in [6.45, 7) is 0. The van der Waals surface area contributed by atoms with Crippen LogP contribution in [0, 0.1) is 0 Å². The lowest BCUT2D eigenvalue weighted by Gasteiger charge is -1.97. The molecule has 0 saturated heterocycles. The molecule has 6 heteroatoms. The summed E-state index contributed by atoms with van der Waals surface area (Å²) in [7, 11) is 0. The minimum Gasteiger partial charge on any atom is -0.508 e. The lowest BCUT2D eigenvalue weighted by Crippen LogP contribution is -1.97. The van der Waals surface area contributed by atoms with Crippen molar-refractivity contribution in [3.8, 4) is 17.1 Å². The molecule has 0 radical (unpaired) electrons. The van der Waals surface area contributed by atoms with Crippen LogP contribution in [0.25, 0.3) is 11.3 Å². The largest absolute Gasteiger partial charge is 0.508 e. The van der Waals surface area contributed by atoms with E-state index >= 15 is 0 Å². The van der Waals surface area contributed by atoms with Crippen LogP contribution in [-0.2, 0) is 0 Å². The van der Waals surface area contributed by atoms with E-state index in [4.69, 9.17) is 14.7 Å². The fourth-order valence-corrected chi connectivity index (χ4v) is 1.69. The first-order valence-electron chi connectivity index (χ1n) is 4.27. The van der Waals surface area contributed by atoms with E-state index in [1.807, 2.05) is 0 Å². The Kier molecular flexibility index (Phi) is 2.66. The zero-order chi connectivity index (χ0) is 11.7. The maximum atomic E-state index is 11.0. The molecule has 0 aliphatic carbocycles. The van der Waals surface area contributed by atoms with Gasteiger partial charge in [-0.2, -0.15) is 0 Å². The van der Waals surface area contributed by atoms with Gasteiger partial charge in [-0.3, -0.25) is 0 Å². The van der Waals surface area contributed by atoms with Gasteiger partial charge in [0.05, 0.1) is 0 Å². The molecule has 2 aromatic rings. The van der Waals surface area contributed by atoms with Crippen molar-refractivity contribution in [2.45, 2.75) is 0 Å². The molecule has 0 fully saturated rings. The van der Waals surface area contributed by atoms with Crippen LogP contribution < -0.4 is 0 Å². The maximum absolute atomic E-state index is 11.0. The summed E-state index contributed by atoms with van der Waals surface area (Å²) in [6.07, 6.45) is 0. The molecule has 2 N–H and O–H groups in total. The molecule has 0 spiro atoms. The van der Waals surface area contributed by atoms with Crippen LogP contribution in [0.15, 0.2) is 33.4 Å². The van der Waals surface area contributed by atoms with Gasteiger partial charge in [0.1, 0.15) is 11.3 Å². The molecule has 1 aromatic carbocycles. The van der Waals surface area contributed by atoms with Gasteiger partial charge >= 0.3 is 5.97 Å². The molecule has 0 saturated carbocycles. The zero-order valence-corrected chi connectivity index (χ0v) is 9.43. The number of nitrogens with zero attached hydrogens (tertiary/aromatic N) is 1. The quantitative estimate of drug-likeness (QED) is 0.885. The average molecular weight is 284 g/mol. The third-order valence-corrected chi connectivity index (χ3v) is 2.54. The van der Waals surface area contributed by atoms with Gasteiger partial charge < -0.3 is 14.7 Å². The minimum atomic E-state index is -1.13. The molecular weight excluding hydrogens is 278 g/mol. The molecule has 0 bridgehead atoms. The number of benzene rings is 1. The maximum Gasteiger partial charge on any atom is 0.342 e. The number of carboxylic acid groups (broad SMARTS) is 1. The number of hydrogen-bond acceptors (Lipinski definition) is 4. The van der Waals surface area contributed by atoms with Gasteiger partial charge in [-0.15, -0.1) is 0 Å². The SMILES string of the molecule is O=C(O)c1c(Br)noc1-c1ccc(O)cc1. The number of hydrogen-bond donors (Lipinski definition) is 2. The average Bonchev–Trinajstić information content (AvgIpc) is 2.61.